The van der Waals surface area contributed by atoms with Crippen molar-refractivity contribution in [1.82, 2.24) is 0 Å². The average molecular weight is 264 g/mol. The van der Waals surface area contributed by atoms with Gasteiger partial charge >= 0.3 is 0 Å². The molecule has 0 aromatic heterocycles. The first-order valence-corrected chi connectivity index (χ1v) is 7.30. The maximum absolute atomic E-state index is 11.9. The highest BCUT2D eigenvalue weighted by atomic mass is 16.1. The zero-order chi connectivity index (χ0) is 14.3. The third kappa shape index (κ3) is 2.18. The van der Waals surface area contributed by atoms with Crippen molar-refractivity contribution in [3.8, 4) is 11.1 Å². The van der Waals surface area contributed by atoms with E-state index in [2.05, 4.69) is 45.0 Å². The smallest absolute Gasteiger partial charge is 0.163 e. The van der Waals surface area contributed by atoms with Gasteiger partial charge in [0.1, 0.15) is 0 Å². The molecule has 20 heavy (non-hydrogen) atoms. The van der Waals surface area contributed by atoms with E-state index in [1.165, 1.54) is 33.4 Å². The Kier molecular flexibility index (Phi) is 3.21. The summed E-state index contributed by atoms with van der Waals surface area (Å²) >= 11 is 0. The first kappa shape index (κ1) is 13.1. The fraction of sp³-hybridized carbons (Fsp3) is 0.316. The SMILES string of the molecule is Cc1cc(C)c(-c2ccc3c(c2)CCCC3=O)c(C)c1. The summed E-state index contributed by atoms with van der Waals surface area (Å²) in [7, 11) is 0. The fourth-order valence-corrected chi connectivity index (χ4v) is 3.44. The van der Waals surface area contributed by atoms with Crippen molar-refractivity contribution in [2.45, 2.75) is 40.0 Å². The van der Waals surface area contributed by atoms with Gasteiger partial charge in [0.05, 0.1) is 0 Å². The molecular formula is C19H20O. The van der Waals surface area contributed by atoms with E-state index in [4.69, 9.17) is 0 Å². The third-order valence-electron chi connectivity index (χ3n) is 4.22. The Morgan fingerprint density at radius 2 is 1.60 bits per heavy atom. The van der Waals surface area contributed by atoms with Crippen LogP contribution in [-0.4, -0.2) is 5.78 Å². The molecule has 102 valence electrons. The van der Waals surface area contributed by atoms with Gasteiger partial charge < -0.3 is 0 Å². The van der Waals surface area contributed by atoms with E-state index in [0.29, 0.717) is 12.2 Å². The minimum Gasteiger partial charge on any atom is -0.294 e. The molecule has 1 aliphatic rings. The van der Waals surface area contributed by atoms with Gasteiger partial charge in [-0.2, -0.15) is 0 Å². The normalized spacial score (nSPS) is 14.2. The lowest BCUT2D eigenvalue weighted by Crippen LogP contribution is -2.10. The molecule has 0 bridgehead atoms. The number of Topliss-reactive ketones (excluding diaryl/α,β-unsaturated/α-hetero) is 1. The second-order valence-corrected chi connectivity index (χ2v) is 5.92. The molecule has 1 heteroatoms. The predicted molar refractivity (Wildman–Crippen MR) is 83.4 cm³/mol. The van der Waals surface area contributed by atoms with Gasteiger partial charge in [0.25, 0.3) is 0 Å². The van der Waals surface area contributed by atoms with Crippen molar-refractivity contribution < 1.29 is 4.79 Å². The standard InChI is InChI=1S/C19H20O/c1-12-9-13(2)19(14(3)10-12)16-7-8-17-15(11-16)5-4-6-18(17)20/h7-11H,4-6H2,1-3H3. The molecule has 0 aliphatic heterocycles. The van der Waals surface area contributed by atoms with E-state index >= 15 is 0 Å². The van der Waals surface area contributed by atoms with E-state index in [0.717, 1.165) is 18.4 Å². The highest BCUT2D eigenvalue weighted by Gasteiger charge is 2.18. The number of ketones is 1. The van der Waals surface area contributed by atoms with Crippen LogP contribution in [-0.2, 0) is 6.42 Å². The van der Waals surface area contributed by atoms with Crippen LogP contribution in [0.15, 0.2) is 30.3 Å². The van der Waals surface area contributed by atoms with Crippen LogP contribution in [0.4, 0.5) is 0 Å². The summed E-state index contributed by atoms with van der Waals surface area (Å²) < 4.78 is 0. The van der Waals surface area contributed by atoms with Crippen LogP contribution >= 0.6 is 0 Å². The number of benzene rings is 2. The molecule has 0 N–H and O–H groups in total. The second-order valence-electron chi connectivity index (χ2n) is 5.92. The Bertz CT molecular complexity index is 672. The van der Waals surface area contributed by atoms with E-state index in [-0.39, 0.29) is 0 Å². The summed E-state index contributed by atoms with van der Waals surface area (Å²) in [6, 6.07) is 10.8. The summed E-state index contributed by atoms with van der Waals surface area (Å²) in [6.45, 7) is 6.47. The minimum atomic E-state index is 0.301. The first-order chi connectivity index (χ1) is 9.56. The number of carbonyl (C=O) groups excluding carboxylic acids is 1. The minimum absolute atomic E-state index is 0.301. The van der Waals surface area contributed by atoms with Gasteiger partial charge in [0.15, 0.2) is 5.78 Å². The molecular weight excluding hydrogens is 244 g/mol. The number of hydrogen-bond donors (Lipinski definition) is 0. The van der Waals surface area contributed by atoms with Crippen molar-refractivity contribution in [2.75, 3.05) is 0 Å². The number of fused-ring (bicyclic) bond motifs is 1. The van der Waals surface area contributed by atoms with Crippen LogP contribution in [0.25, 0.3) is 11.1 Å². The summed E-state index contributed by atoms with van der Waals surface area (Å²) in [5.74, 6) is 0.301. The van der Waals surface area contributed by atoms with E-state index in [1.54, 1.807) is 0 Å². The first-order valence-electron chi connectivity index (χ1n) is 7.30. The van der Waals surface area contributed by atoms with E-state index < -0.39 is 0 Å². The number of aryl methyl sites for hydroxylation is 4. The van der Waals surface area contributed by atoms with Gasteiger partial charge in [-0.05, 0) is 61.4 Å². The van der Waals surface area contributed by atoms with Crippen LogP contribution in [0.1, 0.15) is 45.5 Å². The molecule has 0 unspecified atom stereocenters. The Labute approximate surface area is 120 Å². The van der Waals surface area contributed by atoms with Crippen LogP contribution in [0.5, 0.6) is 0 Å². The van der Waals surface area contributed by atoms with Gasteiger partial charge in [-0.1, -0.05) is 35.9 Å². The molecule has 1 nitrogen and oxygen atoms in total. The highest BCUT2D eigenvalue weighted by Crippen LogP contribution is 2.32. The van der Waals surface area contributed by atoms with Gasteiger partial charge in [-0.15, -0.1) is 0 Å². The third-order valence-corrected chi connectivity index (χ3v) is 4.22. The molecule has 0 amide bonds. The van der Waals surface area contributed by atoms with Crippen LogP contribution < -0.4 is 0 Å². The Morgan fingerprint density at radius 1 is 0.900 bits per heavy atom. The second kappa shape index (κ2) is 4.90. The summed E-state index contributed by atoms with van der Waals surface area (Å²) in [5.41, 5.74) is 8.64. The Morgan fingerprint density at radius 3 is 2.30 bits per heavy atom. The van der Waals surface area contributed by atoms with Crippen molar-refractivity contribution in [1.29, 1.82) is 0 Å². The van der Waals surface area contributed by atoms with Crippen LogP contribution in [0, 0.1) is 20.8 Å². The highest BCUT2D eigenvalue weighted by molar-refractivity contribution is 5.99. The van der Waals surface area contributed by atoms with Crippen molar-refractivity contribution in [2.24, 2.45) is 0 Å². The molecule has 0 saturated heterocycles. The largest absolute Gasteiger partial charge is 0.294 e. The van der Waals surface area contributed by atoms with E-state index in [9.17, 15) is 4.79 Å². The quantitative estimate of drug-likeness (QED) is 0.723. The molecule has 0 atom stereocenters. The van der Waals surface area contributed by atoms with Gasteiger partial charge in [-0.25, -0.2) is 0 Å². The monoisotopic (exact) mass is 264 g/mol. The molecule has 2 aromatic carbocycles. The van der Waals surface area contributed by atoms with Gasteiger partial charge in [0.2, 0.25) is 0 Å². The number of rotatable bonds is 1. The summed E-state index contributed by atoms with van der Waals surface area (Å²) in [6.07, 6.45) is 2.72. The molecule has 2 aromatic rings. The zero-order valence-electron chi connectivity index (χ0n) is 12.4. The molecule has 3 rings (SSSR count). The van der Waals surface area contributed by atoms with E-state index in [1.807, 2.05) is 6.07 Å². The van der Waals surface area contributed by atoms with Gasteiger partial charge in [-0.3, -0.25) is 4.79 Å². The predicted octanol–water partition coefficient (Wildman–Crippen LogP) is 4.80. The number of hydrogen-bond acceptors (Lipinski definition) is 1. The van der Waals surface area contributed by atoms with Crippen molar-refractivity contribution in [3.63, 3.8) is 0 Å². The van der Waals surface area contributed by atoms with Crippen LogP contribution in [0.2, 0.25) is 0 Å². The zero-order valence-corrected chi connectivity index (χ0v) is 12.4. The maximum atomic E-state index is 11.9. The molecule has 1 aliphatic carbocycles. The summed E-state index contributed by atoms with van der Waals surface area (Å²) in [5, 5.41) is 0. The van der Waals surface area contributed by atoms with Gasteiger partial charge in [0, 0.05) is 12.0 Å². The van der Waals surface area contributed by atoms with Crippen molar-refractivity contribution in [3.05, 3.63) is 58.1 Å². The molecule has 0 heterocycles. The Balaban J connectivity index is 2.15. The van der Waals surface area contributed by atoms with Crippen LogP contribution in [0.3, 0.4) is 0 Å². The Hall–Kier alpha value is -1.89. The molecule has 0 spiro atoms. The summed E-state index contributed by atoms with van der Waals surface area (Å²) in [4.78, 5) is 11.9. The maximum Gasteiger partial charge on any atom is 0.163 e. The lowest BCUT2D eigenvalue weighted by atomic mass is 9.86. The molecule has 0 fully saturated rings. The number of carbonyl (C=O) groups is 1. The average Bonchev–Trinajstić information content (AvgIpc) is 2.37. The van der Waals surface area contributed by atoms with Crippen molar-refractivity contribution >= 4 is 5.78 Å². The molecule has 0 radical (unpaired) electrons. The fourth-order valence-electron chi connectivity index (χ4n) is 3.44. The molecule has 0 saturated carbocycles. The lowest BCUT2D eigenvalue weighted by Gasteiger charge is -2.18. The topological polar surface area (TPSA) is 17.1 Å². The lowest BCUT2D eigenvalue weighted by molar-refractivity contribution is 0.0972.